The molecule has 0 bridgehead atoms. The van der Waals surface area contributed by atoms with Crippen LogP contribution in [0.4, 0.5) is 0 Å². The minimum atomic E-state index is 0.0878. The summed E-state index contributed by atoms with van der Waals surface area (Å²) in [7, 11) is 2.11. The SMILES string of the molecule is Cc1nc(C(C)N(C)Cc2ccccc2OCC(=O)N2CCCCC2)c(C)s1. The van der Waals surface area contributed by atoms with E-state index in [4.69, 9.17) is 9.72 Å². The number of benzene rings is 1. The lowest BCUT2D eigenvalue weighted by atomic mass is 10.1. The molecule has 1 aliphatic heterocycles. The van der Waals surface area contributed by atoms with Crippen LogP contribution in [0.2, 0.25) is 0 Å². The second kappa shape index (κ2) is 9.52. The van der Waals surface area contributed by atoms with Crippen LogP contribution in [-0.4, -0.2) is 47.4 Å². The van der Waals surface area contributed by atoms with E-state index in [0.29, 0.717) is 0 Å². The van der Waals surface area contributed by atoms with Gasteiger partial charge in [-0.05, 0) is 53.1 Å². The molecule has 1 amide bonds. The van der Waals surface area contributed by atoms with Crippen molar-refractivity contribution in [2.24, 2.45) is 0 Å². The summed E-state index contributed by atoms with van der Waals surface area (Å²) >= 11 is 1.74. The summed E-state index contributed by atoms with van der Waals surface area (Å²) in [6.45, 7) is 8.94. The van der Waals surface area contributed by atoms with Crippen molar-refractivity contribution >= 4 is 17.2 Å². The Bertz CT molecular complexity index is 799. The average Bonchev–Trinajstić information content (AvgIpc) is 3.05. The van der Waals surface area contributed by atoms with Crippen molar-refractivity contribution in [1.82, 2.24) is 14.8 Å². The zero-order valence-electron chi connectivity index (χ0n) is 17.4. The first-order valence-electron chi connectivity index (χ1n) is 10.1. The third-order valence-electron chi connectivity index (χ3n) is 5.45. The lowest BCUT2D eigenvalue weighted by Gasteiger charge is -2.27. The van der Waals surface area contributed by atoms with Gasteiger partial charge in [-0.25, -0.2) is 4.98 Å². The summed E-state index contributed by atoms with van der Waals surface area (Å²) in [6, 6.07) is 8.22. The predicted octanol–water partition coefficient (Wildman–Crippen LogP) is 4.34. The first kappa shape index (κ1) is 20.8. The van der Waals surface area contributed by atoms with E-state index in [2.05, 4.69) is 38.8 Å². The third-order valence-corrected chi connectivity index (χ3v) is 6.35. The van der Waals surface area contributed by atoms with E-state index in [1.165, 1.54) is 11.3 Å². The standard InChI is InChI=1S/C22H31N3O2S/c1-16(22-17(2)28-18(3)23-22)24(4)14-19-10-6-7-11-20(19)27-15-21(26)25-12-8-5-9-13-25/h6-7,10-11,16H,5,8-9,12-15H2,1-4H3. The Kier molecular flexibility index (Phi) is 7.08. The molecule has 28 heavy (non-hydrogen) atoms. The van der Waals surface area contributed by atoms with Crippen LogP contribution in [0.5, 0.6) is 5.75 Å². The highest BCUT2D eigenvalue weighted by Crippen LogP contribution is 2.28. The fraction of sp³-hybridized carbons (Fsp3) is 0.545. The number of hydrogen-bond acceptors (Lipinski definition) is 5. The van der Waals surface area contributed by atoms with Gasteiger partial charge in [0.25, 0.3) is 5.91 Å². The Morgan fingerprint density at radius 3 is 2.64 bits per heavy atom. The number of para-hydroxylation sites is 1. The van der Waals surface area contributed by atoms with Crippen molar-refractivity contribution in [3.05, 3.63) is 45.4 Å². The minimum Gasteiger partial charge on any atom is -0.483 e. The largest absolute Gasteiger partial charge is 0.483 e. The van der Waals surface area contributed by atoms with E-state index < -0.39 is 0 Å². The molecule has 0 aliphatic carbocycles. The minimum absolute atomic E-state index is 0.0878. The molecule has 5 nitrogen and oxygen atoms in total. The van der Waals surface area contributed by atoms with Gasteiger partial charge in [-0.15, -0.1) is 11.3 Å². The van der Waals surface area contributed by atoms with Crippen LogP contribution in [0.3, 0.4) is 0 Å². The van der Waals surface area contributed by atoms with Crippen LogP contribution >= 0.6 is 11.3 Å². The number of carbonyl (C=O) groups excluding carboxylic acids is 1. The van der Waals surface area contributed by atoms with Crippen molar-refractivity contribution in [2.45, 2.75) is 52.6 Å². The second-order valence-electron chi connectivity index (χ2n) is 7.60. The lowest BCUT2D eigenvalue weighted by molar-refractivity contribution is -0.134. The van der Waals surface area contributed by atoms with Crippen molar-refractivity contribution in [2.75, 3.05) is 26.7 Å². The maximum Gasteiger partial charge on any atom is 0.260 e. The number of ether oxygens (including phenoxy) is 1. The fourth-order valence-corrected chi connectivity index (χ4v) is 4.60. The number of aryl methyl sites for hydroxylation is 2. The van der Waals surface area contributed by atoms with E-state index in [0.717, 1.165) is 54.5 Å². The van der Waals surface area contributed by atoms with E-state index >= 15 is 0 Å². The van der Waals surface area contributed by atoms with Crippen LogP contribution in [-0.2, 0) is 11.3 Å². The fourth-order valence-electron chi connectivity index (χ4n) is 3.70. The molecule has 3 rings (SSSR count). The molecule has 1 saturated heterocycles. The van der Waals surface area contributed by atoms with E-state index in [9.17, 15) is 4.79 Å². The molecule has 0 saturated carbocycles. The molecular weight excluding hydrogens is 370 g/mol. The molecule has 1 atom stereocenters. The molecule has 1 unspecified atom stereocenters. The second-order valence-corrected chi connectivity index (χ2v) is 9.01. The van der Waals surface area contributed by atoms with Crippen LogP contribution in [0.15, 0.2) is 24.3 Å². The number of amides is 1. The van der Waals surface area contributed by atoms with Gasteiger partial charge in [-0.2, -0.15) is 0 Å². The highest BCUT2D eigenvalue weighted by atomic mass is 32.1. The lowest BCUT2D eigenvalue weighted by Crippen LogP contribution is -2.38. The number of carbonyl (C=O) groups is 1. The first-order valence-corrected chi connectivity index (χ1v) is 10.9. The van der Waals surface area contributed by atoms with Crippen LogP contribution < -0.4 is 4.74 Å². The van der Waals surface area contributed by atoms with Gasteiger partial charge in [0.05, 0.1) is 16.7 Å². The summed E-state index contributed by atoms with van der Waals surface area (Å²) < 4.78 is 5.93. The Labute approximate surface area is 172 Å². The van der Waals surface area contributed by atoms with Crippen molar-refractivity contribution < 1.29 is 9.53 Å². The van der Waals surface area contributed by atoms with E-state index in [1.807, 2.05) is 23.1 Å². The topological polar surface area (TPSA) is 45.7 Å². The Morgan fingerprint density at radius 1 is 1.25 bits per heavy atom. The smallest absolute Gasteiger partial charge is 0.260 e. The van der Waals surface area contributed by atoms with Gasteiger partial charge in [0.1, 0.15) is 5.75 Å². The van der Waals surface area contributed by atoms with Crippen LogP contribution in [0.25, 0.3) is 0 Å². The highest BCUT2D eigenvalue weighted by molar-refractivity contribution is 7.11. The van der Waals surface area contributed by atoms with Crippen molar-refractivity contribution in [1.29, 1.82) is 0 Å². The van der Waals surface area contributed by atoms with Gasteiger partial charge >= 0.3 is 0 Å². The molecule has 1 fully saturated rings. The molecule has 0 radical (unpaired) electrons. The number of likely N-dealkylation sites (tertiary alicyclic amines) is 1. The maximum atomic E-state index is 12.4. The Hall–Kier alpha value is -1.92. The van der Waals surface area contributed by atoms with Gasteiger partial charge in [0, 0.05) is 30.1 Å². The number of rotatable bonds is 7. The molecule has 0 spiro atoms. The molecule has 2 aromatic rings. The summed E-state index contributed by atoms with van der Waals surface area (Å²) in [5.74, 6) is 0.878. The van der Waals surface area contributed by atoms with Gasteiger partial charge < -0.3 is 9.64 Å². The number of piperidine rings is 1. The van der Waals surface area contributed by atoms with Crippen LogP contribution in [0.1, 0.15) is 53.4 Å². The molecule has 0 N–H and O–H groups in total. The third kappa shape index (κ3) is 5.11. The monoisotopic (exact) mass is 401 g/mol. The molecular formula is C22H31N3O2S. The number of hydrogen-bond donors (Lipinski definition) is 0. The molecule has 6 heteroatoms. The summed E-state index contributed by atoms with van der Waals surface area (Å²) in [6.07, 6.45) is 3.41. The number of thiazole rings is 1. The Balaban J connectivity index is 1.63. The average molecular weight is 402 g/mol. The van der Waals surface area contributed by atoms with Gasteiger partial charge in [-0.3, -0.25) is 9.69 Å². The summed E-state index contributed by atoms with van der Waals surface area (Å²) in [5, 5.41) is 1.10. The molecule has 1 aromatic carbocycles. The number of aromatic nitrogens is 1. The molecule has 1 aliphatic rings. The van der Waals surface area contributed by atoms with Crippen molar-refractivity contribution in [3.63, 3.8) is 0 Å². The Morgan fingerprint density at radius 2 is 1.96 bits per heavy atom. The zero-order chi connectivity index (χ0) is 20.1. The van der Waals surface area contributed by atoms with Crippen molar-refractivity contribution in [3.8, 4) is 5.75 Å². The predicted molar refractivity (Wildman–Crippen MR) is 114 cm³/mol. The summed E-state index contributed by atoms with van der Waals surface area (Å²) in [4.78, 5) is 22.6. The quantitative estimate of drug-likeness (QED) is 0.692. The first-order chi connectivity index (χ1) is 13.5. The normalized spacial score (nSPS) is 15.7. The molecule has 2 heterocycles. The number of nitrogens with zero attached hydrogens (tertiary/aromatic N) is 3. The van der Waals surface area contributed by atoms with E-state index in [1.54, 1.807) is 11.3 Å². The van der Waals surface area contributed by atoms with Gasteiger partial charge in [0.2, 0.25) is 0 Å². The zero-order valence-corrected chi connectivity index (χ0v) is 18.2. The molecule has 1 aromatic heterocycles. The van der Waals surface area contributed by atoms with Gasteiger partial charge in [0.15, 0.2) is 6.61 Å². The summed E-state index contributed by atoms with van der Waals surface area (Å²) in [5.41, 5.74) is 2.23. The van der Waals surface area contributed by atoms with E-state index in [-0.39, 0.29) is 18.6 Å². The maximum absolute atomic E-state index is 12.4. The highest BCUT2D eigenvalue weighted by Gasteiger charge is 2.20. The van der Waals surface area contributed by atoms with Crippen LogP contribution in [0, 0.1) is 13.8 Å². The molecule has 152 valence electrons. The van der Waals surface area contributed by atoms with Gasteiger partial charge in [-0.1, -0.05) is 18.2 Å².